The van der Waals surface area contributed by atoms with E-state index >= 15 is 0 Å². The summed E-state index contributed by atoms with van der Waals surface area (Å²) in [6.07, 6.45) is 6.43. The lowest BCUT2D eigenvalue weighted by molar-refractivity contribution is 0.398. The highest BCUT2D eigenvalue weighted by molar-refractivity contribution is 5.37. The van der Waals surface area contributed by atoms with Crippen molar-refractivity contribution in [3.8, 4) is 5.88 Å². The molecule has 1 unspecified atom stereocenters. The monoisotopic (exact) mass is 236 g/mol. The van der Waals surface area contributed by atoms with E-state index in [0.717, 1.165) is 5.82 Å². The van der Waals surface area contributed by atoms with Gasteiger partial charge < -0.3 is 10.1 Å². The maximum Gasteiger partial charge on any atom is 0.214 e. The molecule has 0 saturated heterocycles. The Labute approximate surface area is 105 Å². The van der Waals surface area contributed by atoms with E-state index in [9.17, 15) is 0 Å². The van der Waals surface area contributed by atoms with E-state index in [1.54, 1.807) is 7.11 Å². The number of rotatable bonds is 8. The van der Waals surface area contributed by atoms with Gasteiger partial charge in [-0.05, 0) is 19.4 Å². The summed E-state index contributed by atoms with van der Waals surface area (Å²) in [5.41, 5.74) is 0. The average Bonchev–Trinajstić information content (AvgIpc) is 2.35. The topological polar surface area (TPSA) is 34.1 Å². The molecule has 96 valence electrons. The van der Waals surface area contributed by atoms with E-state index in [1.165, 1.54) is 32.1 Å². The first-order valence-electron chi connectivity index (χ1n) is 6.53. The molecule has 1 rings (SSSR count). The van der Waals surface area contributed by atoms with Gasteiger partial charge in [0.05, 0.1) is 7.11 Å². The van der Waals surface area contributed by atoms with Crippen LogP contribution in [-0.4, -0.2) is 18.1 Å². The third kappa shape index (κ3) is 5.57. The van der Waals surface area contributed by atoms with Crippen LogP contribution >= 0.6 is 0 Å². The highest BCUT2D eigenvalue weighted by Gasteiger charge is 2.03. The highest BCUT2D eigenvalue weighted by atomic mass is 16.5. The third-order valence-electron chi connectivity index (χ3n) is 2.82. The van der Waals surface area contributed by atoms with E-state index in [2.05, 4.69) is 24.1 Å². The van der Waals surface area contributed by atoms with Crippen LogP contribution in [0.25, 0.3) is 0 Å². The summed E-state index contributed by atoms with van der Waals surface area (Å²) in [5.74, 6) is 1.56. The van der Waals surface area contributed by atoms with Crippen LogP contribution in [0.15, 0.2) is 18.2 Å². The molecule has 0 radical (unpaired) electrons. The van der Waals surface area contributed by atoms with Crippen LogP contribution in [0.3, 0.4) is 0 Å². The molecule has 0 aromatic carbocycles. The second kappa shape index (κ2) is 7.93. The molecule has 17 heavy (non-hydrogen) atoms. The first-order chi connectivity index (χ1) is 8.26. The molecule has 0 amide bonds. The normalized spacial score (nSPS) is 12.2. The summed E-state index contributed by atoms with van der Waals surface area (Å²) < 4.78 is 5.10. The Morgan fingerprint density at radius 1 is 1.29 bits per heavy atom. The Kier molecular flexibility index (Phi) is 6.45. The number of hydrogen-bond donors (Lipinski definition) is 1. The zero-order chi connectivity index (χ0) is 12.5. The quantitative estimate of drug-likeness (QED) is 0.696. The molecule has 1 N–H and O–H groups in total. The van der Waals surface area contributed by atoms with Gasteiger partial charge in [-0.1, -0.05) is 38.7 Å². The average molecular weight is 236 g/mol. The first-order valence-corrected chi connectivity index (χ1v) is 6.53. The van der Waals surface area contributed by atoms with Crippen LogP contribution in [0.2, 0.25) is 0 Å². The number of unbranched alkanes of at least 4 members (excludes halogenated alkanes) is 3. The van der Waals surface area contributed by atoms with E-state index in [0.29, 0.717) is 11.9 Å². The van der Waals surface area contributed by atoms with E-state index in [-0.39, 0.29) is 0 Å². The van der Waals surface area contributed by atoms with Gasteiger partial charge in [-0.25, -0.2) is 0 Å². The Bertz CT molecular complexity index is 315. The Hall–Kier alpha value is -1.25. The second-order valence-electron chi connectivity index (χ2n) is 4.46. The van der Waals surface area contributed by atoms with Gasteiger partial charge in [0.2, 0.25) is 5.88 Å². The number of ether oxygens (including phenoxy) is 1. The van der Waals surface area contributed by atoms with Gasteiger partial charge >= 0.3 is 0 Å². The van der Waals surface area contributed by atoms with Gasteiger partial charge in [-0.3, -0.25) is 0 Å². The van der Waals surface area contributed by atoms with E-state index in [1.807, 2.05) is 18.2 Å². The Morgan fingerprint density at radius 2 is 2.12 bits per heavy atom. The molecule has 0 saturated carbocycles. The molecule has 0 fully saturated rings. The summed E-state index contributed by atoms with van der Waals surface area (Å²) in [7, 11) is 1.64. The highest BCUT2D eigenvalue weighted by Crippen LogP contribution is 2.14. The fourth-order valence-electron chi connectivity index (χ4n) is 1.81. The molecule has 0 aliphatic rings. The molecule has 0 spiro atoms. The number of methoxy groups -OCH3 is 1. The minimum absolute atomic E-state index is 0.464. The minimum atomic E-state index is 0.464. The summed E-state index contributed by atoms with van der Waals surface area (Å²) in [6, 6.07) is 6.26. The SMILES string of the molecule is CCCCCCC(C)Nc1cccc(OC)n1. The fraction of sp³-hybridized carbons (Fsp3) is 0.643. The van der Waals surface area contributed by atoms with Crippen molar-refractivity contribution in [2.75, 3.05) is 12.4 Å². The summed E-state index contributed by atoms with van der Waals surface area (Å²) in [5, 5.41) is 3.40. The van der Waals surface area contributed by atoms with Crippen molar-refractivity contribution < 1.29 is 4.74 Å². The van der Waals surface area contributed by atoms with Gasteiger partial charge in [0.15, 0.2) is 0 Å². The van der Waals surface area contributed by atoms with Gasteiger partial charge in [-0.15, -0.1) is 0 Å². The molecule has 1 atom stereocenters. The predicted octanol–water partition coefficient (Wildman–Crippen LogP) is 3.86. The predicted molar refractivity (Wildman–Crippen MR) is 72.6 cm³/mol. The largest absolute Gasteiger partial charge is 0.481 e. The van der Waals surface area contributed by atoms with Crippen molar-refractivity contribution in [2.45, 2.75) is 52.0 Å². The van der Waals surface area contributed by atoms with Crippen molar-refractivity contribution in [3.63, 3.8) is 0 Å². The van der Waals surface area contributed by atoms with Crippen LogP contribution in [0, 0.1) is 0 Å². The van der Waals surface area contributed by atoms with Crippen LogP contribution in [0.1, 0.15) is 46.0 Å². The van der Waals surface area contributed by atoms with Crippen LogP contribution in [-0.2, 0) is 0 Å². The first kappa shape index (κ1) is 13.8. The maximum absolute atomic E-state index is 5.10. The molecular weight excluding hydrogens is 212 g/mol. The number of aromatic nitrogens is 1. The van der Waals surface area contributed by atoms with E-state index in [4.69, 9.17) is 4.74 Å². The maximum atomic E-state index is 5.10. The van der Waals surface area contributed by atoms with Crippen molar-refractivity contribution in [1.29, 1.82) is 0 Å². The second-order valence-corrected chi connectivity index (χ2v) is 4.46. The van der Waals surface area contributed by atoms with Crippen LogP contribution in [0.4, 0.5) is 5.82 Å². The minimum Gasteiger partial charge on any atom is -0.481 e. The number of pyridine rings is 1. The van der Waals surface area contributed by atoms with Crippen LogP contribution < -0.4 is 10.1 Å². The smallest absolute Gasteiger partial charge is 0.214 e. The Balaban J connectivity index is 2.31. The van der Waals surface area contributed by atoms with Gasteiger partial charge in [0.1, 0.15) is 5.82 Å². The third-order valence-corrected chi connectivity index (χ3v) is 2.82. The number of nitrogens with zero attached hydrogens (tertiary/aromatic N) is 1. The van der Waals surface area contributed by atoms with Crippen LogP contribution in [0.5, 0.6) is 5.88 Å². The lowest BCUT2D eigenvalue weighted by atomic mass is 10.1. The molecule has 1 aromatic heterocycles. The lowest BCUT2D eigenvalue weighted by Gasteiger charge is -2.14. The zero-order valence-corrected chi connectivity index (χ0v) is 11.2. The van der Waals surface area contributed by atoms with E-state index < -0.39 is 0 Å². The van der Waals surface area contributed by atoms with Crippen molar-refractivity contribution in [2.24, 2.45) is 0 Å². The number of hydrogen-bond acceptors (Lipinski definition) is 3. The number of anilines is 1. The standard InChI is InChI=1S/C14H24N2O/c1-4-5-6-7-9-12(2)15-13-10-8-11-14(16-13)17-3/h8,10-12H,4-7,9H2,1-3H3,(H,15,16). The molecular formula is C14H24N2O. The lowest BCUT2D eigenvalue weighted by Crippen LogP contribution is -2.15. The van der Waals surface area contributed by atoms with Gasteiger partial charge in [-0.2, -0.15) is 4.98 Å². The molecule has 0 bridgehead atoms. The molecule has 0 aliphatic heterocycles. The number of nitrogens with one attached hydrogen (secondary N) is 1. The van der Waals surface area contributed by atoms with Crippen molar-refractivity contribution in [1.82, 2.24) is 4.98 Å². The van der Waals surface area contributed by atoms with Crippen molar-refractivity contribution >= 4 is 5.82 Å². The van der Waals surface area contributed by atoms with Gasteiger partial charge in [0, 0.05) is 12.1 Å². The zero-order valence-electron chi connectivity index (χ0n) is 11.2. The molecule has 3 nitrogen and oxygen atoms in total. The molecule has 0 aliphatic carbocycles. The molecule has 1 heterocycles. The summed E-state index contributed by atoms with van der Waals surface area (Å²) in [4.78, 5) is 4.34. The Morgan fingerprint density at radius 3 is 2.82 bits per heavy atom. The van der Waals surface area contributed by atoms with Crippen molar-refractivity contribution in [3.05, 3.63) is 18.2 Å². The van der Waals surface area contributed by atoms with Gasteiger partial charge in [0.25, 0.3) is 0 Å². The molecule has 3 heteroatoms. The molecule has 1 aromatic rings. The summed E-state index contributed by atoms with van der Waals surface area (Å²) >= 11 is 0. The summed E-state index contributed by atoms with van der Waals surface area (Å²) in [6.45, 7) is 4.44. The fourth-order valence-corrected chi connectivity index (χ4v) is 1.81.